The van der Waals surface area contributed by atoms with Crippen LogP contribution in [0.2, 0.25) is 0 Å². The Hall–Kier alpha value is -0.780. The standard InChI is InChI=1S/C13H15/c1-2-5-11-9-13-7-3-6-12(13)8-10(11)4-1/h3,6,13H,1-2,4-5,8-9H2. The van der Waals surface area contributed by atoms with Crippen LogP contribution in [0.15, 0.2) is 28.9 Å². The van der Waals surface area contributed by atoms with Gasteiger partial charge in [-0.25, -0.2) is 0 Å². The lowest BCUT2D eigenvalue weighted by atomic mass is 9.76. The van der Waals surface area contributed by atoms with Crippen LogP contribution in [0.1, 0.15) is 38.5 Å². The summed E-state index contributed by atoms with van der Waals surface area (Å²) in [4.78, 5) is 0. The molecule has 3 aliphatic carbocycles. The summed E-state index contributed by atoms with van der Waals surface area (Å²) >= 11 is 0. The van der Waals surface area contributed by atoms with E-state index >= 15 is 0 Å². The molecule has 0 nitrogen and oxygen atoms in total. The fraction of sp³-hybridized carbons (Fsp3) is 0.538. The van der Waals surface area contributed by atoms with Crippen molar-refractivity contribution >= 4 is 0 Å². The molecule has 3 rings (SSSR count). The van der Waals surface area contributed by atoms with Gasteiger partial charge in [0, 0.05) is 5.92 Å². The van der Waals surface area contributed by atoms with Gasteiger partial charge in [0.05, 0.1) is 0 Å². The third kappa shape index (κ3) is 1.20. The maximum Gasteiger partial charge on any atom is 0.00947 e. The largest absolute Gasteiger partial charge is 0.0698 e. The van der Waals surface area contributed by atoms with Crippen molar-refractivity contribution in [3.8, 4) is 0 Å². The van der Waals surface area contributed by atoms with Gasteiger partial charge in [-0.2, -0.15) is 0 Å². The van der Waals surface area contributed by atoms with Crippen molar-refractivity contribution in [3.05, 3.63) is 34.9 Å². The molecule has 1 atom stereocenters. The average molecular weight is 171 g/mol. The van der Waals surface area contributed by atoms with Gasteiger partial charge in [0.1, 0.15) is 0 Å². The first-order valence-electron chi connectivity index (χ1n) is 5.41. The van der Waals surface area contributed by atoms with Gasteiger partial charge in [-0.1, -0.05) is 28.9 Å². The molecule has 13 heavy (non-hydrogen) atoms. The summed E-state index contributed by atoms with van der Waals surface area (Å²) in [5.41, 5.74) is 5.17. The highest BCUT2D eigenvalue weighted by Crippen LogP contribution is 2.42. The average Bonchev–Trinajstić information content (AvgIpc) is 2.61. The normalized spacial score (nSPS) is 31.4. The highest BCUT2D eigenvalue weighted by Gasteiger charge is 2.26. The van der Waals surface area contributed by atoms with Gasteiger partial charge < -0.3 is 0 Å². The second-order valence-electron chi connectivity index (χ2n) is 4.42. The molecular weight excluding hydrogens is 156 g/mol. The molecular formula is C13H15. The highest BCUT2D eigenvalue weighted by molar-refractivity contribution is 5.37. The van der Waals surface area contributed by atoms with E-state index in [-0.39, 0.29) is 0 Å². The van der Waals surface area contributed by atoms with Gasteiger partial charge >= 0.3 is 0 Å². The Bertz CT molecular complexity index is 315. The summed E-state index contributed by atoms with van der Waals surface area (Å²) in [6, 6.07) is 0. The molecule has 0 aromatic heterocycles. The van der Waals surface area contributed by atoms with E-state index in [1.165, 1.54) is 38.5 Å². The van der Waals surface area contributed by atoms with Crippen molar-refractivity contribution in [3.63, 3.8) is 0 Å². The fourth-order valence-corrected chi connectivity index (χ4v) is 2.85. The van der Waals surface area contributed by atoms with E-state index in [1.54, 1.807) is 16.7 Å². The van der Waals surface area contributed by atoms with Crippen molar-refractivity contribution < 1.29 is 0 Å². The first-order chi connectivity index (χ1) is 6.43. The van der Waals surface area contributed by atoms with Gasteiger partial charge in [-0.05, 0) is 44.6 Å². The molecule has 1 radical (unpaired) electrons. The number of hydrogen-bond acceptors (Lipinski definition) is 0. The summed E-state index contributed by atoms with van der Waals surface area (Å²) in [5.74, 6) is 0.664. The van der Waals surface area contributed by atoms with Crippen LogP contribution in [-0.4, -0.2) is 0 Å². The number of allylic oxidation sites excluding steroid dienone is 6. The summed E-state index contributed by atoms with van der Waals surface area (Å²) < 4.78 is 0. The maximum absolute atomic E-state index is 3.44. The fourth-order valence-electron chi connectivity index (χ4n) is 2.85. The van der Waals surface area contributed by atoms with E-state index < -0.39 is 0 Å². The predicted octanol–water partition coefficient (Wildman–Crippen LogP) is 3.57. The maximum atomic E-state index is 3.44. The van der Waals surface area contributed by atoms with E-state index in [4.69, 9.17) is 0 Å². The first kappa shape index (κ1) is 7.61. The lowest BCUT2D eigenvalue weighted by Gasteiger charge is -2.29. The minimum atomic E-state index is 0.664. The summed E-state index contributed by atoms with van der Waals surface area (Å²) in [7, 11) is 0. The zero-order chi connectivity index (χ0) is 8.67. The monoisotopic (exact) mass is 171 g/mol. The van der Waals surface area contributed by atoms with Crippen LogP contribution in [0.3, 0.4) is 0 Å². The molecule has 0 N–H and O–H groups in total. The second kappa shape index (κ2) is 2.87. The van der Waals surface area contributed by atoms with Crippen molar-refractivity contribution in [2.75, 3.05) is 0 Å². The first-order valence-corrected chi connectivity index (χ1v) is 5.41. The van der Waals surface area contributed by atoms with Gasteiger partial charge in [0.2, 0.25) is 0 Å². The summed E-state index contributed by atoms with van der Waals surface area (Å²) in [5, 5.41) is 0. The van der Waals surface area contributed by atoms with Crippen LogP contribution in [0.4, 0.5) is 0 Å². The SMILES string of the molecule is [C]1=CC=C2CC3=C(CCCC3)CC12. The Morgan fingerprint density at radius 2 is 2.00 bits per heavy atom. The topological polar surface area (TPSA) is 0 Å². The minimum absolute atomic E-state index is 0.664. The minimum Gasteiger partial charge on any atom is -0.0698 e. The molecule has 0 aromatic rings. The molecule has 1 unspecified atom stereocenters. The molecule has 0 aromatic carbocycles. The highest BCUT2D eigenvalue weighted by atomic mass is 14.3. The lowest BCUT2D eigenvalue weighted by Crippen LogP contribution is -2.13. The van der Waals surface area contributed by atoms with Crippen molar-refractivity contribution in [1.82, 2.24) is 0 Å². The Morgan fingerprint density at radius 3 is 2.92 bits per heavy atom. The van der Waals surface area contributed by atoms with E-state index in [2.05, 4.69) is 18.2 Å². The van der Waals surface area contributed by atoms with Gasteiger partial charge in [-0.15, -0.1) is 0 Å². The number of rotatable bonds is 0. The van der Waals surface area contributed by atoms with E-state index in [0.717, 1.165) is 0 Å². The molecule has 0 saturated carbocycles. The van der Waals surface area contributed by atoms with Crippen LogP contribution in [0, 0.1) is 12.0 Å². The molecule has 0 fully saturated rings. The smallest absolute Gasteiger partial charge is 0.00947 e. The molecule has 0 saturated heterocycles. The van der Waals surface area contributed by atoms with E-state index in [0.29, 0.717) is 5.92 Å². The Kier molecular flexibility index (Phi) is 1.68. The molecule has 0 heterocycles. The third-order valence-electron chi connectivity index (χ3n) is 3.62. The molecule has 0 spiro atoms. The van der Waals surface area contributed by atoms with Crippen molar-refractivity contribution in [1.29, 1.82) is 0 Å². The van der Waals surface area contributed by atoms with Crippen molar-refractivity contribution in [2.24, 2.45) is 5.92 Å². The van der Waals surface area contributed by atoms with E-state index in [9.17, 15) is 0 Å². The van der Waals surface area contributed by atoms with Crippen LogP contribution >= 0.6 is 0 Å². The summed E-state index contributed by atoms with van der Waals surface area (Å²) in [6.07, 6.45) is 16.0. The number of fused-ring (bicyclic) bond motifs is 1. The van der Waals surface area contributed by atoms with Crippen LogP contribution in [0.5, 0.6) is 0 Å². The molecule has 0 bridgehead atoms. The van der Waals surface area contributed by atoms with Gasteiger partial charge in [-0.3, -0.25) is 0 Å². The molecule has 0 aliphatic heterocycles. The van der Waals surface area contributed by atoms with E-state index in [1.807, 2.05) is 0 Å². The predicted molar refractivity (Wildman–Crippen MR) is 54.1 cm³/mol. The van der Waals surface area contributed by atoms with Crippen LogP contribution in [0.25, 0.3) is 0 Å². The van der Waals surface area contributed by atoms with Gasteiger partial charge in [0.25, 0.3) is 0 Å². The zero-order valence-corrected chi connectivity index (χ0v) is 7.97. The molecule has 0 amide bonds. The molecule has 0 heteroatoms. The van der Waals surface area contributed by atoms with Gasteiger partial charge in [0.15, 0.2) is 0 Å². The Labute approximate surface area is 80.0 Å². The quantitative estimate of drug-likeness (QED) is 0.489. The second-order valence-corrected chi connectivity index (χ2v) is 4.42. The Balaban J connectivity index is 1.92. The zero-order valence-electron chi connectivity index (χ0n) is 7.97. The third-order valence-corrected chi connectivity index (χ3v) is 3.62. The van der Waals surface area contributed by atoms with Crippen LogP contribution in [-0.2, 0) is 0 Å². The Morgan fingerprint density at radius 1 is 1.15 bits per heavy atom. The van der Waals surface area contributed by atoms with Crippen LogP contribution < -0.4 is 0 Å². The summed E-state index contributed by atoms with van der Waals surface area (Å²) in [6.45, 7) is 0. The lowest BCUT2D eigenvalue weighted by molar-refractivity contribution is 0.564. The number of hydrogen-bond donors (Lipinski definition) is 0. The van der Waals surface area contributed by atoms with Crippen molar-refractivity contribution in [2.45, 2.75) is 38.5 Å². The molecule has 3 aliphatic rings. The molecule has 67 valence electrons.